The van der Waals surface area contributed by atoms with Crippen LogP contribution >= 0.6 is 11.8 Å². The van der Waals surface area contributed by atoms with Gasteiger partial charge in [-0.2, -0.15) is 4.98 Å². The summed E-state index contributed by atoms with van der Waals surface area (Å²) >= 11 is 1.53. The Morgan fingerprint density at radius 2 is 1.90 bits per heavy atom. The molecule has 0 bridgehead atoms. The first kappa shape index (κ1) is 15.0. The summed E-state index contributed by atoms with van der Waals surface area (Å²) in [4.78, 5) is 5.32. The summed E-state index contributed by atoms with van der Waals surface area (Å²) in [6.45, 7) is 4.00. The molecule has 0 saturated carbocycles. The maximum Gasteiger partial charge on any atom is 0.246 e. The number of thioether (sulfide) groups is 1. The Bertz CT molecular complexity index is 552. The van der Waals surface area contributed by atoms with Gasteiger partial charge in [0, 0.05) is 4.90 Å². The lowest BCUT2D eigenvalue weighted by Gasteiger charge is -2.20. The molecule has 1 aromatic carbocycles. The Kier molecular flexibility index (Phi) is 4.77. The zero-order chi connectivity index (χ0) is 14.6. The summed E-state index contributed by atoms with van der Waals surface area (Å²) in [7, 11) is 0. The summed E-state index contributed by atoms with van der Waals surface area (Å²) in [6, 6.07) is 6.32. The van der Waals surface area contributed by atoms with Gasteiger partial charge in [-0.3, -0.25) is 0 Å². The van der Waals surface area contributed by atoms with Crippen molar-refractivity contribution in [1.82, 2.24) is 10.1 Å². The second-order valence-electron chi connectivity index (χ2n) is 4.62. The molecule has 1 heterocycles. The Labute approximate surface area is 121 Å². The van der Waals surface area contributed by atoms with Crippen LogP contribution in [0.25, 0.3) is 0 Å². The van der Waals surface area contributed by atoms with E-state index >= 15 is 0 Å². The maximum atomic E-state index is 12.8. The van der Waals surface area contributed by atoms with E-state index in [9.17, 15) is 4.39 Å². The molecule has 2 N–H and O–H groups in total. The van der Waals surface area contributed by atoms with E-state index in [4.69, 9.17) is 10.3 Å². The molecule has 0 aliphatic carbocycles. The van der Waals surface area contributed by atoms with Gasteiger partial charge >= 0.3 is 0 Å². The standard InChI is InChI=1S/C14H18FN3OS/c1-3-14(16,4-2)13-17-12(18-19-13)9-20-11-7-5-10(15)6-8-11/h5-8H,3-4,9,16H2,1-2H3. The van der Waals surface area contributed by atoms with Gasteiger partial charge in [0.2, 0.25) is 5.89 Å². The number of rotatable bonds is 6. The van der Waals surface area contributed by atoms with Crippen LogP contribution in [-0.4, -0.2) is 10.1 Å². The number of aromatic nitrogens is 2. The van der Waals surface area contributed by atoms with Crippen LogP contribution < -0.4 is 5.73 Å². The van der Waals surface area contributed by atoms with Crippen LogP contribution in [0.5, 0.6) is 0 Å². The SMILES string of the molecule is CCC(N)(CC)c1nc(CSc2ccc(F)cc2)no1. The van der Waals surface area contributed by atoms with Gasteiger partial charge in [0.25, 0.3) is 0 Å². The van der Waals surface area contributed by atoms with Crippen molar-refractivity contribution in [3.63, 3.8) is 0 Å². The number of hydrogen-bond donors (Lipinski definition) is 1. The number of nitrogens with two attached hydrogens (primary N) is 1. The number of halogens is 1. The zero-order valence-electron chi connectivity index (χ0n) is 11.6. The van der Waals surface area contributed by atoms with Gasteiger partial charge in [0.05, 0.1) is 11.3 Å². The fourth-order valence-corrected chi connectivity index (χ4v) is 2.49. The summed E-state index contributed by atoms with van der Waals surface area (Å²) in [5, 5.41) is 3.95. The average molecular weight is 295 g/mol. The van der Waals surface area contributed by atoms with Crippen molar-refractivity contribution in [3.8, 4) is 0 Å². The lowest BCUT2D eigenvalue weighted by molar-refractivity contribution is 0.267. The van der Waals surface area contributed by atoms with Crippen molar-refractivity contribution in [2.45, 2.75) is 42.9 Å². The molecule has 0 spiro atoms. The smallest absolute Gasteiger partial charge is 0.246 e. The normalized spacial score (nSPS) is 11.8. The number of hydrogen-bond acceptors (Lipinski definition) is 5. The minimum Gasteiger partial charge on any atom is -0.337 e. The molecule has 0 aliphatic rings. The van der Waals surface area contributed by atoms with E-state index in [1.165, 1.54) is 23.9 Å². The third-order valence-corrected chi connectivity index (χ3v) is 4.35. The largest absolute Gasteiger partial charge is 0.337 e. The van der Waals surface area contributed by atoms with Crippen LogP contribution in [0.15, 0.2) is 33.7 Å². The lowest BCUT2D eigenvalue weighted by Crippen LogP contribution is -2.35. The highest BCUT2D eigenvalue weighted by molar-refractivity contribution is 7.98. The molecule has 1 aromatic heterocycles. The van der Waals surface area contributed by atoms with Crippen LogP contribution in [0.4, 0.5) is 4.39 Å². The van der Waals surface area contributed by atoms with Crippen molar-refractivity contribution in [1.29, 1.82) is 0 Å². The van der Waals surface area contributed by atoms with Crippen LogP contribution in [0, 0.1) is 5.82 Å². The van der Waals surface area contributed by atoms with Gasteiger partial charge in [0.15, 0.2) is 5.82 Å². The Hall–Kier alpha value is -1.40. The summed E-state index contributed by atoms with van der Waals surface area (Å²) in [6.07, 6.45) is 1.49. The first-order valence-electron chi connectivity index (χ1n) is 6.57. The van der Waals surface area contributed by atoms with Crippen molar-refractivity contribution in [2.75, 3.05) is 0 Å². The highest BCUT2D eigenvalue weighted by atomic mass is 32.2. The van der Waals surface area contributed by atoms with Crippen molar-refractivity contribution in [3.05, 3.63) is 41.8 Å². The predicted octanol–water partition coefficient (Wildman–Crippen LogP) is 3.48. The molecular weight excluding hydrogens is 277 g/mol. The molecule has 0 amide bonds. The second-order valence-corrected chi connectivity index (χ2v) is 5.67. The first-order chi connectivity index (χ1) is 9.57. The summed E-state index contributed by atoms with van der Waals surface area (Å²) in [5.74, 6) is 1.41. The Morgan fingerprint density at radius 3 is 2.50 bits per heavy atom. The van der Waals surface area contributed by atoms with E-state index < -0.39 is 5.54 Å². The Morgan fingerprint density at radius 1 is 1.25 bits per heavy atom. The highest BCUT2D eigenvalue weighted by Crippen LogP contribution is 2.26. The molecule has 0 aliphatic heterocycles. The molecule has 0 fully saturated rings. The molecule has 108 valence electrons. The molecule has 20 heavy (non-hydrogen) atoms. The van der Waals surface area contributed by atoms with Gasteiger partial charge in [-0.15, -0.1) is 11.8 Å². The van der Waals surface area contributed by atoms with Gasteiger partial charge in [-0.05, 0) is 37.1 Å². The quantitative estimate of drug-likeness (QED) is 0.827. The van der Waals surface area contributed by atoms with Crippen molar-refractivity contribution >= 4 is 11.8 Å². The minimum atomic E-state index is -0.550. The molecule has 2 rings (SSSR count). The first-order valence-corrected chi connectivity index (χ1v) is 7.56. The van der Waals surface area contributed by atoms with Crippen molar-refractivity contribution < 1.29 is 8.91 Å². The number of nitrogens with zero attached hydrogens (tertiary/aromatic N) is 2. The molecule has 4 nitrogen and oxygen atoms in total. The van der Waals surface area contributed by atoms with Crippen LogP contribution in [0.3, 0.4) is 0 Å². The predicted molar refractivity (Wildman–Crippen MR) is 76.7 cm³/mol. The third kappa shape index (κ3) is 3.37. The van der Waals surface area contributed by atoms with E-state index in [-0.39, 0.29) is 5.82 Å². The maximum absolute atomic E-state index is 12.8. The monoisotopic (exact) mass is 295 g/mol. The molecule has 0 atom stereocenters. The second kappa shape index (κ2) is 6.37. The number of benzene rings is 1. The third-order valence-electron chi connectivity index (χ3n) is 3.34. The van der Waals surface area contributed by atoms with Gasteiger partial charge in [-0.25, -0.2) is 4.39 Å². The highest BCUT2D eigenvalue weighted by Gasteiger charge is 2.29. The fraction of sp³-hybridized carbons (Fsp3) is 0.429. The van der Waals surface area contributed by atoms with Crippen molar-refractivity contribution in [2.24, 2.45) is 5.73 Å². The molecule has 0 radical (unpaired) electrons. The van der Waals surface area contributed by atoms with Gasteiger partial charge < -0.3 is 10.3 Å². The topological polar surface area (TPSA) is 64.9 Å². The Balaban J connectivity index is 2.01. The van der Waals surface area contributed by atoms with Crippen LogP contribution in [0.2, 0.25) is 0 Å². The fourth-order valence-electron chi connectivity index (χ4n) is 1.75. The van der Waals surface area contributed by atoms with Gasteiger partial charge in [-0.1, -0.05) is 19.0 Å². The van der Waals surface area contributed by atoms with Crippen LogP contribution in [0.1, 0.15) is 38.4 Å². The molecule has 2 aromatic rings. The molecule has 0 unspecified atom stereocenters. The van der Waals surface area contributed by atoms with E-state index in [0.29, 0.717) is 17.5 Å². The van der Waals surface area contributed by atoms with E-state index in [1.807, 2.05) is 13.8 Å². The van der Waals surface area contributed by atoms with Crippen LogP contribution in [-0.2, 0) is 11.3 Å². The zero-order valence-corrected chi connectivity index (χ0v) is 12.4. The van der Waals surface area contributed by atoms with E-state index in [0.717, 1.165) is 17.7 Å². The molecular formula is C14H18FN3OS. The molecule has 0 saturated heterocycles. The van der Waals surface area contributed by atoms with Gasteiger partial charge in [0.1, 0.15) is 5.82 Å². The van der Waals surface area contributed by atoms with E-state index in [1.54, 1.807) is 12.1 Å². The lowest BCUT2D eigenvalue weighted by atomic mass is 9.94. The molecule has 6 heteroatoms. The summed E-state index contributed by atoms with van der Waals surface area (Å²) < 4.78 is 18.1. The van der Waals surface area contributed by atoms with E-state index in [2.05, 4.69) is 10.1 Å². The average Bonchev–Trinajstić information content (AvgIpc) is 2.95. The summed E-state index contributed by atoms with van der Waals surface area (Å²) in [5.41, 5.74) is 5.66. The minimum absolute atomic E-state index is 0.241.